The molecule has 1 saturated heterocycles. The van der Waals surface area contributed by atoms with E-state index in [-0.39, 0.29) is 5.82 Å². The zero-order valence-corrected chi connectivity index (χ0v) is 6.61. The maximum Gasteiger partial charge on any atom is 0.335 e. The minimum Gasteiger partial charge on any atom is -0.479 e. The summed E-state index contributed by atoms with van der Waals surface area (Å²) in [5, 5.41) is 8.54. The summed E-state index contributed by atoms with van der Waals surface area (Å²) < 4.78 is 17.5. The zero-order valence-electron chi connectivity index (χ0n) is 6.61. The molecule has 1 aromatic rings. The number of benzene rings is 1. The number of hydrogen-bond donors (Lipinski definition) is 1. The quantitative estimate of drug-likeness (QED) is 0.702. The molecule has 0 unspecified atom stereocenters. The van der Waals surface area contributed by atoms with E-state index in [4.69, 9.17) is 9.84 Å². The third-order valence-electron chi connectivity index (χ3n) is 1.91. The van der Waals surface area contributed by atoms with Gasteiger partial charge in [0.2, 0.25) is 0 Å². The van der Waals surface area contributed by atoms with E-state index in [1.165, 1.54) is 18.2 Å². The van der Waals surface area contributed by atoms with Gasteiger partial charge in [-0.05, 0) is 17.7 Å². The Morgan fingerprint density at radius 3 is 2.85 bits per heavy atom. The van der Waals surface area contributed by atoms with Gasteiger partial charge in [-0.25, -0.2) is 9.18 Å². The maximum atomic E-state index is 12.7. The summed E-state index contributed by atoms with van der Waals surface area (Å²) in [7, 11) is 0. The van der Waals surface area contributed by atoms with Gasteiger partial charge in [0.15, 0.2) is 6.10 Å². The third kappa shape index (κ3) is 1.53. The summed E-state index contributed by atoms with van der Waals surface area (Å²) >= 11 is 0. The lowest BCUT2D eigenvalue weighted by molar-refractivity contribution is -0.138. The van der Waals surface area contributed by atoms with Crippen molar-refractivity contribution in [3.05, 3.63) is 35.6 Å². The molecule has 0 bridgehead atoms. The molecule has 0 aromatic heterocycles. The van der Waals surface area contributed by atoms with E-state index in [0.717, 1.165) is 0 Å². The molecule has 0 radical (unpaired) electrons. The van der Waals surface area contributed by atoms with Crippen LogP contribution < -0.4 is 0 Å². The Hall–Kier alpha value is -1.42. The molecule has 1 fully saturated rings. The molecular weight excluding hydrogens is 175 g/mol. The van der Waals surface area contributed by atoms with Crippen LogP contribution in [-0.2, 0) is 9.53 Å². The van der Waals surface area contributed by atoms with Crippen molar-refractivity contribution in [3.8, 4) is 0 Å². The number of epoxide rings is 1. The average Bonchev–Trinajstić information content (AvgIpc) is 2.82. The topological polar surface area (TPSA) is 49.8 Å². The molecule has 1 N–H and O–H groups in total. The molecule has 0 saturated carbocycles. The molecule has 1 heterocycles. The number of carboxylic acid groups (broad SMARTS) is 1. The van der Waals surface area contributed by atoms with Crippen LogP contribution in [-0.4, -0.2) is 17.2 Å². The molecule has 1 aromatic carbocycles. The highest BCUT2D eigenvalue weighted by molar-refractivity contribution is 5.76. The van der Waals surface area contributed by atoms with Crippen molar-refractivity contribution in [1.82, 2.24) is 0 Å². The SMILES string of the molecule is O=C(O)[C@H]1O[C@H]1c1cccc(F)c1. The highest BCUT2D eigenvalue weighted by Gasteiger charge is 2.46. The number of halogens is 1. The van der Waals surface area contributed by atoms with Crippen molar-refractivity contribution in [2.45, 2.75) is 12.2 Å². The lowest BCUT2D eigenvalue weighted by Gasteiger charge is -1.93. The van der Waals surface area contributed by atoms with Gasteiger partial charge >= 0.3 is 5.97 Å². The van der Waals surface area contributed by atoms with E-state index in [0.29, 0.717) is 5.56 Å². The van der Waals surface area contributed by atoms with Crippen LogP contribution in [0, 0.1) is 5.82 Å². The molecule has 0 aliphatic carbocycles. The fraction of sp³-hybridized carbons (Fsp3) is 0.222. The van der Waals surface area contributed by atoms with Gasteiger partial charge < -0.3 is 9.84 Å². The molecule has 13 heavy (non-hydrogen) atoms. The van der Waals surface area contributed by atoms with E-state index in [2.05, 4.69) is 0 Å². The van der Waals surface area contributed by atoms with Crippen LogP contribution in [0.2, 0.25) is 0 Å². The van der Waals surface area contributed by atoms with E-state index >= 15 is 0 Å². The van der Waals surface area contributed by atoms with Crippen molar-refractivity contribution in [2.24, 2.45) is 0 Å². The zero-order chi connectivity index (χ0) is 9.42. The maximum absolute atomic E-state index is 12.7. The van der Waals surface area contributed by atoms with Gasteiger partial charge in [0.05, 0.1) is 0 Å². The molecule has 2 rings (SSSR count). The molecular formula is C9H7FO3. The highest BCUT2D eigenvalue weighted by atomic mass is 19.1. The molecule has 2 atom stereocenters. The lowest BCUT2D eigenvalue weighted by atomic mass is 10.1. The van der Waals surface area contributed by atoms with Crippen LogP contribution in [0.15, 0.2) is 24.3 Å². The van der Waals surface area contributed by atoms with Gasteiger partial charge in [-0.2, -0.15) is 0 Å². The number of rotatable bonds is 2. The van der Waals surface area contributed by atoms with Gasteiger partial charge in [0.1, 0.15) is 11.9 Å². The second-order valence-electron chi connectivity index (χ2n) is 2.87. The summed E-state index contributed by atoms with van der Waals surface area (Å²) in [6.45, 7) is 0. The number of aliphatic carboxylic acids is 1. The number of carboxylic acids is 1. The van der Waals surface area contributed by atoms with Crippen LogP contribution in [0.1, 0.15) is 11.7 Å². The Balaban J connectivity index is 2.16. The fourth-order valence-electron chi connectivity index (χ4n) is 1.24. The largest absolute Gasteiger partial charge is 0.479 e. The summed E-state index contributed by atoms with van der Waals surface area (Å²) in [5.41, 5.74) is 0.576. The second-order valence-corrected chi connectivity index (χ2v) is 2.87. The molecule has 68 valence electrons. The lowest BCUT2D eigenvalue weighted by Crippen LogP contribution is -2.04. The van der Waals surface area contributed by atoms with Crippen LogP contribution in [0.25, 0.3) is 0 Å². The van der Waals surface area contributed by atoms with Crippen molar-refractivity contribution >= 4 is 5.97 Å². The average molecular weight is 182 g/mol. The summed E-state index contributed by atoms with van der Waals surface area (Å²) in [5.74, 6) is -1.38. The fourth-order valence-corrected chi connectivity index (χ4v) is 1.24. The molecule has 4 heteroatoms. The molecule has 0 amide bonds. The normalized spacial score (nSPS) is 25.6. The Bertz CT molecular complexity index is 350. The summed E-state index contributed by atoms with van der Waals surface area (Å²) in [6.07, 6.45) is -1.28. The van der Waals surface area contributed by atoms with E-state index in [9.17, 15) is 9.18 Å². The molecule has 3 nitrogen and oxygen atoms in total. The van der Waals surface area contributed by atoms with Crippen LogP contribution >= 0.6 is 0 Å². The van der Waals surface area contributed by atoms with Gasteiger partial charge in [0, 0.05) is 0 Å². The van der Waals surface area contributed by atoms with Gasteiger partial charge in [-0.3, -0.25) is 0 Å². The Labute approximate surface area is 73.8 Å². The first-order chi connectivity index (χ1) is 6.18. The Kier molecular flexibility index (Phi) is 1.77. The first-order valence-corrected chi connectivity index (χ1v) is 3.82. The van der Waals surface area contributed by atoms with Crippen molar-refractivity contribution in [2.75, 3.05) is 0 Å². The Morgan fingerprint density at radius 1 is 1.54 bits per heavy atom. The van der Waals surface area contributed by atoms with E-state index in [1.807, 2.05) is 0 Å². The van der Waals surface area contributed by atoms with Gasteiger partial charge in [-0.1, -0.05) is 12.1 Å². The van der Waals surface area contributed by atoms with Crippen LogP contribution in [0.3, 0.4) is 0 Å². The van der Waals surface area contributed by atoms with E-state index < -0.39 is 18.2 Å². The Morgan fingerprint density at radius 2 is 2.31 bits per heavy atom. The van der Waals surface area contributed by atoms with Crippen LogP contribution in [0.4, 0.5) is 4.39 Å². The standard InChI is InChI=1S/C9H7FO3/c10-6-3-1-2-5(4-6)7-8(13-7)9(11)12/h1-4,7-8H,(H,11,12)/t7-,8-/m0/s1. The van der Waals surface area contributed by atoms with Crippen LogP contribution in [0.5, 0.6) is 0 Å². The molecule has 1 aliphatic heterocycles. The monoisotopic (exact) mass is 182 g/mol. The van der Waals surface area contributed by atoms with Crippen molar-refractivity contribution in [3.63, 3.8) is 0 Å². The number of carbonyl (C=O) groups is 1. The minimum atomic E-state index is -1.01. The van der Waals surface area contributed by atoms with Gasteiger partial charge in [-0.15, -0.1) is 0 Å². The number of ether oxygens (including phenoxy) is 1. The van der Waals surface area contributed by atoms with Gasteiger partial charge in [0.25, 0.3) is 0 Å². The van der Waals surface area contributed by atoms with E-state index in [1.54, 1.807) is 6.07 Å². The predicted octanol–water partition coefficient (Wildman–Crippen LogP) is 1.35. The first kappa shape index (κ1) is 8.19. The second kappa shape index (κ2) is 2.81. The summed E-state index contributed by atoms with van der Waals surface area (Å²) in [4.78, 5) is 10.4. The number of hydrogen-bond acceptors (Lipinski definition) is 2. The summed E-state index contributed by atoms with van der Waals surface area (Å²) in [6, 6.07) is 5.78. The minimum absolute atomic E-state index is 0.378. The molecule has 1 aliphatic rings. The highest BCUT2D eigenvalue weighted by Crippen LogP contribution is 2.38. The first-order valence-electron chi connectivity index (χ1n) is 3.82. The van der Waals surface area contributed by atoms with Crippen molar-refractivity contribution < 1.29 is 19.0 Å². The van der Waals surface area contributed by atoms with Crippen molar-refractivity contribution in [1.29, 1.82) is 0 Å². The smallest absolute Gasteiger partial charge is 0.335 e. The third-order valence-corrected chi connectivity index (χ3v) is 1.91. The molecule has 0 spiro atoms. The predicted molar refractivity (Wildman–Crippen MR) is 41.6 cm³/mol.